The molecule has 0 heterocycles. The molecule has 0 saturated carbocycles. The Labute approximate surface area is 158 Å². The molecule has 2 N–H and O–H groups in total. The molecule has 1 amide bonds. The minimum absolute atomic E-state index is 0.146. The number of amides is 1. The van der Waals surface area contributed by atoms with E-state index in [0.29, 0.717) is 5.56 Å². The SMILES string of the molecule is CCCCOC(=O)NC(Cc1ccc(-c2cccc(C=O)c2)cc1)C(=O)O. The van der Waals surface area contributed by atoms with E-state index in [2.05, 4.69) is 5.32 Å². The van der Waals surface area contributed by atoms with Gasteiger partial charge in [0.05, 0.1) is 6.61 Å². The number of nitrogens with one attached hydrogen (secondary N) is 1. The van der Waals surface area contributed by atoms with Crippen molar-refractivity contribution in [3.8, 4) is 11.1 Å². The Kier molecular flexibility index (Phi) is 7.55. The highest BCUT2D eigenvalue weighted by molar-refractivity contribution is 5.80. The second kappa shape index (κ2) is 10.1. The molecule has 0 radical (unpaired) electrons. The molecule has 27 heavy (non-hydrogen) atoms. The van der Waals surface area contributed by atoms with Crippen LogP contribution in [0.2, 0.25) is 0 Å². The predicted molar refractivity (Wildman–Crippen MR) is 102 cm³/mol. The summed E-state index contributed by atoms with van der Waals surface area (Å²) in [6, 6.07) is 13.5. The molecule has 0 fully saturated rings. The maximum absolute atomic E-state index is 11.7. The lowest BCUT2D eigenvalue weighted by Gasteiger charge is -2.15. The van der Waals surface area contributed by atoms with Crippen molar-refractivity contribution in [1.29, 1.82) is 0 Å². The second-order valence-corrected chi connectivity index (χ2v) is 6.17. The number of hydrogen-bond acceptors (Lipinski definition) is 4. The van der Waals surface area contributed by atoms with Gasteiger partial charge in [-0.2, -0.15) is 0 Å². The van der Waals surface area contributed by atoms with Crippen LogP contribution in [0.25, 0.3) is 11.1 Å². The summed E-state index contributed by atoms with van der Waals surface area (Å²) in [5, 5.41) is 11.7. The van der Waals surface area contributed by atoms with E-state index in [0.717, 1.165) is 35.8 Å². The summed E-state index contributed by atoms with van der Waals surface area (Å²) >= 11 is 0. The molecule has 1 atom stereocenters. The van der Waals surface area contributed by atoms with Crippen LogP contribution in [0.3, 0.4) is 0 Å². The van der Waals surface area contributed by atoms with E-state index in [4.69, 9.17) is 4.74 Å². The van der Waals surface area contributed by atoms with Crippen LogP contribution in [0.1, 0.15) is 35.7 Å². The lowest BCUT2D eigenvalue weighted by Crippen LogP contribution is -2.42. The first kappa shape index (κ1) is 20.2. The first-order chi connectivity index (χ1) is 13.0. The summed E-state index contributed by atoms with van der Waals surface area (Å²) in [6.45, 7) is 2.24. The number of carboxylic acids is 1. The highest BCUT2D eigenvalue weighted by Gasteiger charge is 2.21. The number of aliphatic carboxylic acids is 1. The Morgan fingerprint density at radius 2 is 1.89 bits per heavy atom. The average molecular weight is 369 g/mol. The van der Waals surface area contributed by atoms with Crippen LogP contribution in [0.4, 0.5) is 4.79 Å². The number of ether oxygens (including phenoxy) is 1. The van der Waals surface area contributed by atoms with E-state index in [1.807, 2.05) is 43.3 Å². The standard InChI is InChI=1S/C21H23NO5/c1-2-3-11-27-21(26)22-19(20(24)25)13-15-7-9-17(10-8-15)18-6-4-5-16(12-18)14-23/h4-10,12,14,19H,2-3,11,13H2,1H3,(H,22,26)(H,24,25). The fourth-order valence-electron chi connectivity index (χ4n) is 2.55. The van der Waals surface area contributed by atoms with E-state index >= 15 is 0 Å². The Bertz CT molecular complexity index is 785. The Morgan fingerprint density at radius 1 is 1.15 bits per heavy atom. The Balaban J connectivity index is 2.02. The molecular formula is C21H23NO5. The summed E-state index contributed by atoms with van der Waals surface area (Å²) in [7, 11) is 0. The van der Waals surface area contributed by atoms with Crippen molar-refractivity contribution >= 4 is 18.3 Å². The summed E-state index contributed by atoms with van der Waals surface area (Å²) in [5.74, 6) is -1.12. The van der Waals surface area contributed by atoms with Crippen LogP contribution in [-0.2, 0) is 16.0 Å². The second-order valence-electron chi connectivity index (χ2n) is 6.17. The zero-order valence-corrected chi connectivity index (χ0v) is 15.2. The summed E-state index contributed by atoms with van der Waals surface area (Å²) in [4.78, 5) is 34.0. The molecule has 0 aliphatic rings. The minimum atomic E-state index is -1.12. The number of benzene rings is 2. The first-order valence-corrected chi connectivity index (χ1v) is 8.84. The van der Waals surface area contributed by atoms with Gasteiger partial charge in [-0.3, -0.25) is 4.79 Å². The number of aldehydes is 1. The zero-order valence-electron chi connectivity index (χ0n) is 15.2. The van der Waals surface area contributed by atoms with Crippen LogP contribution in [0, 0.1) is 0 Å². The third-order valence-electron chi connectivity index (χ3n) is 4.07. The van der Waals surface area contributed by atoms with Crippen LogP contribution in [0.15, 0.2) is 48.5 Å². The molecule has 0 aromatic heterocycles. The fourth-order valence-corrected chi connectivity index (χ4v) is 2.55. The van der Waals surface area contributed by atoms with Crippen molar-refractivity contribution in [3.05, 3.63) is 59.7 Å². The van der Waals surface area contributed by atoms with Gasteiger partial charge >= 0.3 is 12.1 Å². The topological polar surface area (TPSA) is 92.7 Å². The number of carboxylic acid groups (broad SMARTS) is 1. The molecule has 0 aliphatic heterocycles. The van der Waals surface area contributed by atoms with Gasteiger partial charge < -0.3 is 15.2 Å². The van der Waals surface area contributed by atoms with Gasteiger partial charge in [0.15, 0.2) is 0 Å². The van der Waals surface area contributed by atoms with Crippen molar-refractivity contribution in [2.75, 3.05) is 6.61 Å². The molecule has 6 heteroatoms. The molecule has 2 aromatic rings. The molecule has 2 aromatic carbocycles. The molecule has 0 saturated heterocycles. The van der Waals surface area contributed by atoms with Crippen molar-refractivity contribution in [1.82, 2.24) is 5.32 Å². The molecular weight excluding hydrogens is 346 g/mol. The van der Waals surface area contributed by atoms with Crippen LogP contribution < -0.4 is 5.32 Å². The third kappa shape index (κ3) is 6.26. The molecule has 2 rings (SSSR count). The van der Waals surface area contributed by atoms with Crippen LogP contribution in [-0.4, -0.2) is 36.1 Å². The maximum atomic E-state index is 11.7. The summed E-state index contributed by atoms with van der Waals surface area (Å²) in [6.07, 6.45) is 1.83. The van der Waals surface area contributed by atoms with E-state index in [1.54, 1.807) is 12.1 Å². The minimum Gasteiger partial charge on any atom is -0.480 e. The van der Waals surface area contributed by atoms with Crippen LogP contribution in [0.5, 0.6) is 0 Å². The van der Waals surface area contributed by atoms with E-state index in [9.17, 15) is 19.5 Å². The molecule has 1 unspecified atom stereocenters. The number of carbonyl (C=O) groups excluding carboxylic acids is 2. The van der Waals surface area contributed by atoms with E-state index in [1.165, 1.54) is 0 Å². The Hall–Kier alpha value is -3.15. The van der Waals surface area contributed by atoms with Gasteiger partial charge in [0.2, 0.25) is 0 Å². The van der Waals surface area contributed by atoms with E-state index in [-0.39, 0.29) is 13.0 Å². The van der Waals surface area contributed by atoms with Gasteiger partial charge in [-0.05, 0) is 29.2 Å². The average Bonchev–Trinajstić information content (AvgIpc) is 2.68. The maximum Gasteiger partial charge on any atom is 0.407 e. The highest BCUT2D eigenvalue weighted by atomic mass is 16.5. The monoisotopic (exact) mass is 369 g/mol. The molecule has 142 valence electrons. The number of alkyl carbamates (subject to hydrolysis) is 1. The Morgan fingerprint density at radius 3 is 2.52 bits per heavy atom. The van der Waals surface area contributed by atoms with Crippen molar-refractivity contribution in [2.45, 2.75) is 32.2 Å². The molecule has 0 bridgehead atoms. The van der Waals surface area contributed by atoms with Gasteiger partial charge in [0, 0.05) is 12.0 Å². The molecule has 0 spiro atoms. The molecule has 0 aliphatic carbocycles. The smallest absolute Gasteiger partial charge is 0.407 e. The lowest BCUT2D eigenvalue weighted by atomic mass is 9.99. The fraction of sp³-hybridized carbons (Fsp3) is 0.286. The zero-order chi connectivity index (χ0) is 19.6. The lowest BCUT2D eigenvalue weighted by molar-refractivity contribution is -0.139. The van der Waals surface area contributed by atoms with Gasteiger partial charge in [-0.15, -0.1) is 0 Å². The van der Waals surface area contributed by atoms with Crippen LogP contribution >= 0.6 is 0 Å². The van der Waals surface area contributed by atoms with Gasteiger partial charge in [-0.25, -0.2) is 9.59 Å². The van der Waals surface area contributed by atoms with Gasteiger partial charge in [0.1, 0.15) is 12.3 Å². The largest absolute Gasteiger partial charge is 0.480 e. The quantitative estimate of drug-likeness (QED) is 0.519. The number of hydrogen-bond donors (Lipinski definition) is 2. The predicted octanol–water partition coefficient (Wildman–Crippen LogP) is 3.69. The number of rotatable bonds is 9. The third-order valence-corrected chi connectivity index (χ3v) is 4.07. The summed E-state index contributed by atoms with van der Waals surface area (Å²) in [5.41, 5.74) is 3.18. The van der Waals surface area contributed by atoms with Gasteiger partial charge in [-0.1, -0.05) is 55.8 Å². The van der Waals surface area contributed by atoms with Crippen molar-refractivity contribution in [3.63, 3.8) is 0 Å². The van der Waals surface area contributed by atoms with E-state index < -0.39 is 18.1 Å². The molecule has 6 nitrogen and oxygen atoms in total. The number of carbonyl (C=O) groups is 3. The highest BCUT2D eigenvalue weighted by Crippen LogP contribution is 2.21. The number of unbranched alkanes of at least 4 members (excludes halogenated alkanes) is 1. The van der Waals surface area contributed by atoms with Crippen molar-refractivity contribution < 1.29 is 24.2 Å². The first-order valence-electron chi connectivity index (χ1n) is 8.84. The van der Waals surface area contributed by atoms with Crippen molar-refractivity contribution in [2.24, 2.45) is 0 Å². The van der Waals surface area contributed by atoms with Gasteiger partial charge in [0.25, 0.3) is 0 Å². The summed E-state index contributed by atoms with van der Waals surface area (Å²) < 4.78 is 4.96. The normalized spacial score (nSPS) is 11.4.